The second-order valence-corrected chi connectivity index (χ2v) is 16.7. The molecule has 13 aromatic rings. The topological polar surface area (TPSA) is 25.7 Å². The summed E-state index contributed by atoms with van der Waals surface area (Å²) in [5.41, 5.74) is 15.4. The van der Waals surface area contributed by atoms with E-state index in [2.05, 4.69) is 221 Å². The van der Waals surface area contributed by atoms with Crippen LogP contribution in [0, 0.1) is 0 Å². The number of hydrogen-bond donors (Lipinski definition) is 0. The Morgan fingerprint density at radius 2 is 0.922 bits per heavy atom. The quantitative estimate of drug-likeness (QED) is 0.160. The lowest BCUT2D eigenvalue weighted by Crippen LogP contribution is -2.23. The number of furan rings is 1. The molecule has 0 fully saturated rings. The molecule has 0 unspecified atom stereocenters. The zero-order valence-electron chi connectivity index (χ0n) is 34.9. The van der Waals surface area contributed by atoms with E-state index in [0.717, 1.165) is 88.4 Å². The highest BCUT2D eigenvalue weighted by Crippen LogP contribution is 2.42. The van der Waals surface area contributed by atoms with Gasteiger partial charge in [-0.2, -0.15) is 0 Å². The van der Waals surface area contributed by atoms with E-state index in [4.69, 9.17) is 4.42 Å². The number of allylic oxidation sites excluding steroid dienone is 1. The van der Waals surface area contributed by atoms with Crippen molar-refractivity contribution in [3.05, 3.63) is 223 Å². The van der Waals surface area contributed by atoms with Crippen LogP contribution in [-0.2, 0) is 0 Å². The van der Waals surface area contributed by atoms with Crippen molar-refractivity contribution in [3.8, 4) is 27.9 Å². The van der Waals surface area contributed by atoms with Crippen LogP contribution in [-0.4, -0.2) is 8.97 Å². The highest BCUT2D eigenvalue weighted by atomic mass is 16.3. The van der Waals surface area contributed by atoms with Crippen LogP contribution in [0.25, 0.3) is 112 Å². The van der Waals surface area contributed by atoms with E-state index < -0.39 is 0 Å². The zero-order valence-corrected chi connectivity index (χ0v) is 34.9. The normalized spacial score (nSPS) is 12.3. The fraction of sp³-hybridized carbons (Fsp3) is 0. The summed E-state index contributed by atoms with van der Waals surface area (Å²) < 4.78 is 10.9. The van der Waals surface area contributed by atoms with Gasteiger partial charge in [0.2, 0.25) is 0 Å². The minimum Gasteiger partial charge on any atom is -0.456 e. The fourth-order valence-electron chi connectivity index (χ4n) is 10.2. The van der Waals surface area contributed by atoms with E-state index >= 15 is 0 Å². The van der Waals surface area contributed by atoms with Gasteiger partial charge >= 0.3 is 0 Å². The number of aromatic nitrogens is 2. The van der Waals surface area contributed by atoms with E-state index in [9.17, 15) is 0 Å². The second kappa shape index (κ2) is 14.0. The molecule has 9 aromatic carbocycles. The Labute approximate surface area is 368 Å². The molecule has 0 saturated carbocycles. The molecule has 64 heavy (non-hydrogen) atoms. The van der Waals surface area contributed by atoms with E-state index in [1.54, 1.807) is 0 Å². The SMILES string of the molecule is C=CC=c1c(=C)n2c3ccccc3c3cc(N(c4ccc(-c5ccc(-n6c7ccccc7c7ccccc76)cc5)cc4)c4ccc(-c5ccc6c(c5)oc5ccccc56)cc4)cc1c32. The summed E-state index contributed by atoms with van der Waals surface area (Å²) in [7, 11) is 0. The molecular formula is C60H39N3O. The first-order chi connectivity index (χ1) is 31.6. The maximum Gasteiger partial charge on any atom is 0.136 e. The molecule has 0 radical (unpaired) electrons. The van der Waals surface area contributed by atoms with Gasteiger partial charge in [-0.15, -0.1) is 0 Å². The predicted molar refractivity (Wildman–Crippen MR) is 270 cm³/mol. The van der Waals surface area contributed by atoms with Gasteiger partial charge in [-0.1, -0.05) is 141 Å². The summed E-state index contributed by atoms with van der Waals surface area (Å²) in [4.78, 5) is 2.37. The van der Waals surface area contributed by atoms with Gasteiger partial charge < -0.3 is 18.3 Å². The van der Waals surface area contributed by atoms with E-state index in [0.29, 0.717) is 0 Å². The summed E-state index contributed by atoms with van der Waals surface area (Å²) in [6.45, 7) is 8.66. The van der Waals surface area contributed by atoms with Gasteiger partial charge in [0.05, 0.1) is 22.1 Å². The third kappa shape index (κ3) is 5.36. The molecule has 4 heteroatoms. The fourth-order valence-corrected chi connectivity index (χ4v) is 10.2. The van der Waals surface area contributed by atoms with Crippen LogP contribution in [0.5, 0.6) is 0 Å². The molecular weight excluding hydrogens is 779 g/mol. The molecule has 0 spiro atoms. The number of para-hydroxylation sites is 4. The van der Waals surface area contributed by atoms with Crippen molar-refractivity contribution in [1.82, 2.24) is 8.97 Å². The monoisotopic (exact) mass is 817 g/mol. The van der Waals surface area contributed by atoms with Crippen molar-refractivity contribution in [2.24, 2.45) is 0 Å². The molecule has 0 aliphatic carbocycles. The van der Waals surface area contributed by atoms with Crippen LogP contribution < -0.4 is 15.5 Å². The Morgan fingerprint density at radius 3 is 1.56 bits per heavy atom. The molecule has 4 heterocycles. The van der Waals surface area contributed by atoms with Gasteiger partial charge in [-0.3, -0.25) is 0 Å². The summed E-state index contributed by atoms with van der Waals surface area (Å²) in [6, 6.07) is 72.1. The van der Waals surface area contributed by atoms with Gasteiger partial charge in [0, 0.05) is 71.0 Å². The van der Waals surface area contributed by atoms with Crippen molar-refractivity contribution in [1.29, 1.82) is 0 Å². The number of hydrogen-bond acceptors (Lipinski definition) is 2. The highest BCUT2D eigenvalue weighted by molar-refractivity contribution is 6.16. The third-order valence-corrected chi connectivity index (χ3v) is 13.2. The molecule has 0 N–H and O–H groups in total. The van der Waals surface area contributed by atoms with Crippen LogP contribution in [0.3, 0.4) is 0 Å². The van der Waals surface area contributed by atoms with E-state index in [-0.39, 0.29) is 0 Å². The number of anilines is 3. The lowest BCUT2D eigenvalue weighted by Gasteiger charge is -2.26. The maximum absolute atomic E-state index is 6.28. The molecule has 0 amide bonds. The van der Waals surface area contributed by atoms with Gasteiger partial charge in [0.25, 0.3) is 0 Å². The molecule has 4 nitrogen and oxygen atoms in total. The average Bonchev–Trinajstić information content (AvgIpc) is 4.08. The molecule has 0 aliphatic rings. The molecule has 300 valence electrons. The first-order valence-electron chi connectivity index (χ1n) is 21.7. The van der Waals surface area contributed by atoms with Gasteiger partial charge in [0.1, 0.15) is 11.2 Å². The zero-order chi connectivity index (χ0) is 42.5. The summed E-state index contributed by atoms with van der Waals surface area (Å²) in [5, 5.41) is 10.4. The van der Waals surface area contributed by atoms with Crippen LogP contribution in [0.2, 0.25) is 0 Å². The number of nitrogens with zero attached hydrogens (tertiary/aromatic N) is 3. The van der Waals surface area contributed by atoms with Crippen LogP contribution in [0.4, 0.5) is 17.1 Å². The van der Waals surface area contributed by atoms with Crippen molar-refractivity contribution in [2.75, 3.05) is 4.90 Å². The van der Waals surface area contributed by atoms with Crippen molar-refractivity contribution < 1.29 is 4.42 Å². The van der Waals surface area contributed by atoms with E-state index in [1.165, 1.54) is 38.1 Å². The maximum atomic E-state index is 6.28. The molecule has 0 aliphatic heterocycles. The van der Waals surface area contributed by atoms with Crippen molar-refractivity contribution >= 4 is 101 Å². The largest absolute Gasteiger partial charge is 0.456 e. The number of benzene rings is 9. The Bertz CT molecular complexity index is 4040. The Kier molecular flexibility index (Phi) is 7.87. The predicted octanol–water partition coefficient (Wildman–Crippen LogP) is 14.9. The summed E-state index contributed by atoms with van der Waals surface area (Å²) >= 11 is 0. The summed E-state index contributed by atoms with van der Waals surface area (Å²) in [6.07, 6.45) is 3.95. The van der Waals surface area contributed by atoms with Crippen LogP contribution in [0.15, 0.2) is 217 Å². The van der Waals surface area contributed by atoms with Gasteiger partial charge in [0.15, 0.2) is 0 Å². The lowest BCUT2D eigenvalue weighted by atomic mass is 10.0. The molecule has 0 bridgehead atoms. The van der Waals surface area contributed by atoms with Crippen LogP contribution >= 0.6 is 0 Å². The van der Waals surface area contributed by atoms with Crippen LogP contribution in [0.1, 0.15) is 0 Å². The molecule has 0 atom stereocenters. The Morgan fingerprint density at radius 1 is 0.422 bits per heavy atom. The number of fused-ring (bicyclic) bond motifs is 9. The smallest absolute Gasteiger partial charge is 0.136 e. The number of rotatable bonds is 7. The second-order valence-electron chi connectivity index (χ2n) is 16.7. The molecule has 4 aromatic heterocycles. The van der Waals surface area contributed by atoms with Gasteiger partial charge in [-0.25, -0.2) is 0 Å². The Balaban J connectivity index is 0.930. The first kappa shape index (κ1) is 36.1. The Hall–Kier alpha value is -8.60. The minimum atomic E-state index is 0.890. The standard InChI is InChI=1S/C60H39N3O/c1-3-12-47-38(2)61-55-17-8-6-15-50(55)54-37-46(36-53(47)60(54)61)62(44-30-25-41(26-31-44)42-27-34-52-51-16-7-11-20-58(51)64-59(52)35-42)43-28-21-39(22-29-43)40-23-32-45(33-24-40)63-56-18-9-4-13-48(56)49-14-5-10-19-57(49)63/h3-37H,1-2H2. The molecule has 0 saturated heterocycles. The third-order valence-electron chi connectivity index (χ3n) is 13.2. The minimum absolute atomic E-state index is 0.890. The molecule has 13 rings (SSSR count). The van der Waals surface area contributed by atoms with E-state index in [1.807, 2.05) is 18.2 Å². The summed E-state index contributed by atoms with van der Waals surface area (Å²) in [5.74, 6) is 0. The lowest BCUT2D eigenvalue weighted by molar-refractivity contribution is 0.669. The van der Waals surface area contributed by atoms with Crippen molar-refractivity contribution in [3.63, 3.8) is 0 Å². The van der Waals surface area contributed by atoms with Crippen molar-refractivity contribution in [2.45, 2.75) is 0 Å². The van der Waals surface area contributed by atoms with Gasteiger partial charge in [-0.05, 0) is 107 Å². The average molecular weight is 818 g/mol. The first-order valence-corrected chi connectivity index (χ1v) is 21.7. The highest BCUT2D eigenvalue weighted by Gasteiger charge is 2.21.